The molecule has 1 saturated carbocycles. The van der Waals surface area contributed by atoms with Crippen molar-refractivity contribution in [2.75, 3.05) is 13.1 Å². The lowest BCUT2D eigenvalue weighted by molar-refractivity contribution is -0.133. The summed E-state index contributed by atoms with van der Waals surface area (Å²) in [7, 11) is 0. The molecule has 0 aromatic heterocycles. The van der Waals surface area contributed by atoms with E-state index in [-0.39, 0.29) is 30.0 Å². The van der Waals surface area contributed by atoms with Gasteiger partial charge < -0.3 is 10.1 Å². The Labute approximate surface area is 130 Å². The Bertz CT molecular complexity index is 520. The van der Waals surface area contributed by atoms with Crippen LogP contribution in [0.5, 0.6) is 0 Å². The lowest BCUT2D eigenvalue weighted by Crippen LogP contribution is -2.51. The van der Waals surface area contributed by atoms with Crippen LogP contribution in [0.4, 0.5) is 4.39 Å². The molecule has 120 valence electrons. The van der Waals surface area contributed by atoms with Crippen LogP contribution in [-0.2, 0) is 9.53 Å². The first kappa shape index (κ1) is 15.4. The lowest BCUT2D eigenvalue weighted by Gasteiger charge is -2.39. The van der Waals surface area contributed by atoms with Gasteiger partial charge in [0.1, 0.15) is 11.9 Å². The Hall–Kier alpha value is -1.46. The van der Waals surface area contributed by atoms with Crippen molar-refractivity contribution in [1.82, 2.24) is 10.2 Å². The maximum absolute atomic E-state index is 13.2. The van der Waals surface area contributed by atoms with Crippen LogP contribution in [0.1, 0.15) is 38.3 Å². The Morgan fingerprint density at radius 2 is 1.82 bits per heavy atom. The summed E-state index contributed by atoms with van der Waals surface area (Å²) in [5.74, 6) is -0.274. The van der Waals surface area contributed by atoms with Crippen LogP contribution in [0.2, 0.25) is 0 Å². The van der Waals surface area contributed by atoms with Crippen molar-refractivity contribution in [2.45, 2.75) is 51.0 Å². The van der Waals surface area contributed by atoms with Crippen molar-refractivity contribution >= 4 is 5.91 Å². The molecule has 1 saturated heterocycles. The Morgan fingerprint density at radius 1 is 1.23 bits per heavy atom. The number of rotatable bonds is 4. The van der Waals surface area contributed by atoms with Gasteiger partial charge in [0.05, 0.1) is 12.2 Å². The fourth-order valence-electron chi connectivity index (χ4n) is 3.11. The molecule has 4 nitrogen and oxygen atoms in total. The van der Waals surface area contributed by atoms with Crippen LogP contribution in [0, 0.1) is 5.82 Å². The van der Waals surface area contributed by atoms with E-state index in [1.165, 1.54) is 12.1 Å². The first-order valence-corrected chi connectivity index (χ1v) is 7.98. The highest BCUT2D eigenvalue weighted by molar-refractivity contribution is 5.83. The average molecular weight is 306 g/mol. The van der Waals surface area contributed by atoms with E-state index in [1.54, 1.807) is 12.1 Å². The normalized spacial score (nSPS) is 27.4. The zero-order valence-electron chi connectivity index (χ0n) is 13.1. The zero-order valence-corrected chi connectivity index (χ0v) is 13.1. The molecule has 0 spiro atoms. The van der Waals surface area contributed by atoms with E-state index in [1.807, 2.05) is 13.8 Å². The van der Waals surface area contributed by atoms with Crippen LogP contribution >= 0.6 is 0 Å². The van der Waals surface area contributed by atoms with Crippen molar-refractivity contribution < 1.29 is 13.9 Å². The molecule has 2 aliphatic rings. The molecule has 1 aromatic rings. The molecule has 0 bridgehead atoms. The van der Waals surface area contributed by atoms with Gasteiger partial charge in [0.2, 0.25) is 5.91 Å². The van der Waals surface area contributed by atoms with Crippen molar-refractivity contribution in [1.29, 1.82) is 0 Å². The predicted octanol–water partition coefficient (Wildman–Crippen LogP) is 2.25. The van der Waals surface area contributed by atoms with Crippen LogP contribution in [0.3, 0.4) is 0 Å². The fourth-order valence-corrected chi connectivity index (χ4v) is 3.11. The number of carbonyl (C=O) groups is 1. The maximum atomic E-state index is 13.2. The smallest absolute Gasteiger partial charge is 0.242 e. The molecular formula is C17H23FN2O2. The monoisotopic (exact) mass is 306 g/mol. The quantitative estimate of drug-likeness (QED) is 0.928. The van der Waals surface area contributed by atoms with Gasteiger partial charge in [-0.15, -0.1) is 0 Å². The van der Waals surface area contributed by atoms with Gasteiger partial charge in [-0.25, -0.2) is 4.39 Å². The summed E-state index contributed by atoms with van der Waals surface area (Å²) in [4.78, 5) is 14.8. The molecule has 5 heteroatoms. The second kappa shape index (κ2) is 6.34. The standard InChI is InChI=1S/C17H23FN2O2/c1-11-9-20(10-12(2)22-11)16(17(21)19-15-7-8-15)13-3-5-14(18)6-4-13/h3-6,11-12,15-16H,7-10H2,1-2H3,(H,19,21). The molecule has 22 heavy (non-hydrogen) atoms. The highest BCUT2D eigenvalue weighted by Crippen LogP contribution is 2.27. The number of hydrogen-bond acceptors (Lipinski definition) is 3. The van der Waals surface area contributed by atoms with Crippen LogP contribution < -0.4 is 5.32 Å². The molecule has 3 atom stereocenters. The molecule has 3 unspecified atom stereocenters. The average Bonchev–Trinajstić information content (AvgIpc) is 3.24. The molecule has 1 aliphatic heterocycles. The summed E-state index contributed by atoms with van der Waals surface area (Å²) in [6.07, 6.45) is 2.27. The summed E-state index contributed by atoms with van der Waals surface area (Å²) in [6, 6.07) is 6.18. The molecule has 0 radical (unpaired) electrons. The Kier molecular flexibility index (Phi) is 4.45. The summed E-state index contributed by atoms with van der Waals surface area (Å²) >= 11 is 0. The molecular weight excluding hydrogens is 283 g/mol. The van der Waals surface area contributed by atoms with Crippen LogP contribution in [-0.4, -0.2) is 42.1 Å². The van der Waals surface area contributed by atoms with E-state index in [2.05, 4.69) is 10.2 Å². The molecule has 1 aliphatic carbocycles. The van der Waals surface area contributed by atoms with Gasteiger partial charge in [0.15, 0.2) is 0 Å². The molecule has 1 N–H and O–H groups in total. The SMILES string of the molecule is CC1CN(C(C(=O)NC2CC2)c2ccc(F)cc2)CC(C)O1. The van der Waals surface area contributed by atoms with Crippen LogP contribution in [0.15, 0.2) is 24.3 Å². The largest absolute Gasteiger partial charge is 0.373 e. The number of hydrogen-bond donors (Lipinski definition) is 1. The number of nitrogens with one attached hydrogen (secondary N) is 1. The molecule has 1 aromatic carbocycles. The van der Waals surface area contributed by atoms with Gasteiger partial charge in [-0.3, -0.25) is 9.69 Å². The third-order valence-corrected chi connectivity index (χ3v) is 4.17. The number of morpholine rings is 1. The van der Waals surface area contributed by atoms with Gasteiger partial charge in [0.25, 0.3) is 0 Å². The summed E-state index contributed by atoms with van der Waals surface area (Å²) < 4.78 is 19.0. The van der Waals surface area contributed by atoms with E-state index < -0.39 is 0 Å². The topological polar surface area (TPSA) is 41.6 Å². The molecule has 3 rings (SSSR count). The number of carbonyl (C=O) groups excluding carboxylic acids is 1. The minimum Gasteiger partial charge on any atom is -0.373 e. The summed E-state index contributed by atoms with van der Waals surface area (Å²) in [5, 5.41) is 3.08. The van der Waals surface area contributed by atoms with Gasteiger partial charge in [0, 0.05) is 19.1 Å². The second-order valence-corrected chi connectivity index (χ2v) is 6.45. The van der Waals surface area contributed by atoms with Crippen molar-refractivity contribution in [2.24, 2.45) is 0 Å². The van der Waals surface area contributed by atoms with Crippen molar-refractivity contribution in [3.05, 3.63) is 35.6 Å². The van der Waals surface area contributed by atoms with Crippen LogP contribution in [0.25, 0.3) is 0 Å². The number of nitrogens with zero attached hydrogens (tertiary/aromatic N) is 1. The highest BCUT2D eigenvalue weighted by atomic mass is 19.1. The Balaban J connectivity index is 1.84. The third-order valence-electron chi connectivity index (χ3n) is 4.17. The van der Waals surface area contributed by atoms with Crippen molar-refractivity contribution in [3.8, 4) is 0 Å². The summed E-state index contributed by atoms with van der Waals surface area (Å²) in [5.41, 5.74) is 0.834. The van der Waals surface area contributed by atoms with Gasteiger partial charge in [-0.1, -0.05) is 12.1 Å². The van der Waals surface area contributed by atoms with Gasteiger partial charge in [-0.2, -0.15) is 0 Å². The van der Waals surface area contributed by atoms with Gasteiger partial charge in [-0.05, 0) is 44.4 Å². The number of benzene rings is 1. The number of amides is 1. The lowest BCUT2D eigenvalue weighted by atomic mass is 10.0. The molecule has 1 amide bonds. The predicted molar refractivity (Wildman–Crippen MR) is 81.9 cm³/mol. The first-order chi connectivity index (χ1) is 10.5. The summed E-state index contributed by atoms with van der Waals surface area (Å²) in [6.45, 7) is 5.43. The van der Waals surface area contributed by atoms with E-state index in [9.17, 15) is 9.18 Å². The Morgan fingerprint density at radius 3 is 2.36 bits per heavy atom. The second-order valence-electron chi connectivity index (χ2n) is 6.45. The van der Waals surface area contributed by atoms with E-state index in [4.69, 9.17) is 4.74 Å². The molecule has 1 heterocycles. The highest BCUT2D eigenvalue weighted by Gasteiger charge is 2.35. The number of ether oxygens (including phenoxy) is 1. The van der Waals surface area contributed by atoms with E-state index in [0.29, 0.717) is 19.1 Å². The minimum absolute atomic E-state index is 0.00964. The minimum atomic E-state index is -0.380. The fraction of sp³-hybridized carbons (Fsp3) is 0.588. The maximum Gasteiger partial charge on any atom is 0.242 e. The first-order valence-electron chi connectivity index (χ1n) is 7.98. The third kappa shape index (κ3) is 3.65. The number of halogens is 1. The molecule has 2 fully saturated rings. The van der Waals surface area contributed by atoms with Gasteiger partial charge >= 0.3 is 0 Å². The van der Waals surface area contributed by atoms with E-state index >= 15 is 0 Å². The van der Waals surface area contributed by atoms with E-state index in [0.717, 1.165) is 18.4 Å². The zero-order chi connectivity index (χ0) is 15.7. The van der Waals surface area contributed by atoms with Crippen molar-refractivity contribution in [3.63, 3.8) is 0 Å².